The number of hydrogen-bond donors (Lipinski definition) is 1. The topological polar surface area (TPSA) is 35.6 Å². The highest BCUT2D eigenvalue weighted by molar-refractivity contribution is 5.89. The van der Waals surface area contributed by atoms with Gasteiger partial charge in [-0.25, -0.2) is 4.79 Å². The number of benzene rings is 2. The Morgan fingerprint density at radius 3 is 2.40 bits per heavy atom. The Kier molecular flexibility index (Phi) is 5.27. The van der Waals surface area contributed by atoms with Crippen molar-refractivity contribution < 1.29 is 4.79 Å². The van der Waals surface area contributed by atoms with E-state index in [-0.39, 0.29) is 6.03 Å². The Labute approximate surface area is 150 Å². The number of rotatable bonds is 3. The fraction of sp³-hybridized carbons (Fsp3) is 0.381. The van der Waals surface area contributed by atoms with Crippen LogP contribution in [0.2, 0.25) is 0 Å². The SMILES string of the molecule is CCc1ccccc1N1CCN(C(=O)Nc2ccc(C)c(C)c2)CC1. The van der Waals surface area contributed by atoms with E-state index in [2.05, 4.69) is 55.3 Å². The van der Waals surface area contributed by atoms with E-state index in [1.54, 1.807) is 0 Å². The maximum atomic E-state index is 12.5. The number of hydrogen-bond acceptors (Lipinski definition) is 2. The predicted octanol–water partition coefficient (Wildman–Crippen LogP) is 4.22. The summed E-state index contributed by atoms with van der Waals surface area (Å²) < 4.78 is 0. The molecule has 0 spiro atoms. The Morgan fingerprint density at radius 2 is 1.72 bits per heavy atom. The second kappa shape index (κ2) is 7.60. The molecule has 1 fully saturated rings. The van der Waals surface area contributed by atoms with Gasteiger partial charge in [0.15, 0.2) is 0 Å². The van der Waals surface area contributed by atoms with Crippen LogP contribution in [0.4, 0.5) is 16.2 Å². The van der Waals surface area contributed by atoms with Crippen molar-refractivity contribution >= 4 is 17.4 Å². The number of amides is 2. The largest absolute Gasteiger partial charge is 0.368 e. The summed E-state index contributed by atoms with van der Waals surface area (Å²) in [6.07, 6.45) is 1.03. The summed E-state index contributed by atoms with van der Waals surface area (Å²) in [7, 11) is 0. The first-order valence-corrected chi connectivity index (χ1v) is 9.04. The summed E-state index contributed by atoms with van der Waals surface area (Å²) >= 11 is 0. The normalized spacial score (nSPS) is 14.5. The standard InChI is InChI=1S/C21H27N3O/c1-4-18-7-5-6-8-20(18)23-11-13-24(14-12-23)21(25)22-19-10-9-16(2)17(3)15-19/h5-10,15H,4,11-14H2,1-3H3,(H,22,25). The third-order valence-corrected chi connectivity index (χ3v) is 5.04. The molecule has 4 heteroatoms. The molecule has 132 valence electrons. The van der Waals surface area contributed by atoms with Crippen molar-refractivity contribution in [3.8, 4) is 0 Å². The number of piperazine rings is 1. The molecule has 0 saturated carbocycles. The Balaban J connectivity index is 1.60. The van der Waals surface area contributed by atoms with E-state index in [1.807, 2.05) is 23.1 Å². The van der Waals surface area contributed by atoms with E-state index in [1.165, 1.54) is 22.4 Å². The number of carbonyl (C=O) groups excluding carboxylic acids is 1. The molecule has 25 heavy (non-hydrogen) atoms. The minimum atomic E-state index is -0.00770. The monoisotopic (exact) mass is 337 g/mol. The van der Waals surface area contributed by atoms with Crippen molar-refractivity contribution in [2.24, 2.45) is 0 Å². The van der Waals surface area contributed by atoms with Crippen molar-refractivity contribution in [1.82, 2.24) is 4.90 Å². The maximum absolute atomic E-state index is 12.5. The Bertz CT molecular complexity index is 749. The van der Waals surface area contributed by atoms with Gasteiger partial charge >= 0.3 is 6.03 Å². The quantitative estimate of drug-likeness (QED) is 0.910. The summed E-state index contributed by atoms with van der Waals surface area (Å²) in [5.41, 5.74) is 5.97. The van der Waals surface area contributed by atoms with E-state index in [4.69, 9.17) is 0 Å². The summed E-state index contributed by atoms with van der Waals surface area (Å²) in [4.78, 5) is 16.8. The van der Waals surface area contributed by atoms with Crippen LogP contribution in [0.1, 0.15) is 23.6 Å². The predicted molar refractivity (Wildman–Crippen MR) is 105 cm³/mol. The molecule has 0 radical (unpaired) electrons. The van der Waals surface area contributed by atoms with Crippen LogP contribution in [0.25, 0.3) is 0 Å². The van der Waals surface area contributed by atoms with Gasteiger partial charge in [0.25, 0.3) is 0 Å². The average Bonchev–Trinajstić information content (AvgIpc) is 2.65. The molecule has 0 aliphatic carbocycles. The van der Waals surface area contributed by atoms with Gasteiger partial charge in [-0.2, -0.15) is 0 Å². The van der Waals surface area contributed by atoms with Gasteiger partial charge in [-0.05, 0) is 55.2 Å². The smallest absolute Gasteiger partial charge is 0.321 e. The first kappa shape index (κ1) is 17.3. The minimum Gasteiger partial charge on any atom is -0.368 e. The fourth-order valence-corrected chi connectivity index (χ4v) is 3.29. The number of carbonyl (C=O) groups is 1. The lowest BCUT2D eigenvalue weighted by Gasteiger charge is -2.37. The van der Waals surface area contributed by atoms with Crippen molar-refractivity contribution in [3.63, 3.8) is 0 Å². The first-order valence-electron chi connectivity index (χ1n) is 9.04. The summed E-state index contributed by atoms with van der Waals surface area (Å²) in [5, 5.41) is 3.03. The molecular weight excluding hydrogens is 310 g/mol. The highest BCUT2D eigenvalue weighted by atomic mass is 16.2. The van der Waals surface area contributed by atoms with Gasteiger partial charge in [-0.3, -0.25) is 0 Å². The van der Waals surface area contributed by atoms with Gasteiger partial charge < -0.3 is 15.1 Å². The van der Waals surface area contributed by atoms with E-state index in [0.29, 0.717) is 0 Å². The maximum Gasteiger partial charge on any atom is 0.321 e. The molecule has 0 unspecified atom stereocenters. The molecule has 2 amide bonds. The number of para-hydroxylation sites is 1. The van der Waals surface area contributed by atoms with Crippen LogP contribution >= 0.6 is 0 Å². The van der Waals surface area contributed by atoms with Crippen molar-refractivity contribution in [2.45, 2.75) is 27.2 Å². The molecule has 1 heterocycles. The lowest BCUT2D eigenvalue weighted by molar-refractivity contribution is 0.208. The zero-order valence-corrected chi connectivity index (χ0v) is 15.4. The van der Waals surface area contributed by atoms with E-state index in [0.717, 1.165) is 38.3 Å². The van der Waals surface area contributed by atoms with Crippen molar-refractivity contribution in [3.05, 3.63) is 59.2 Å². The van der Waals surface area contributed by atoms with Crippen LogP contribution in [0.3, 0.4) is 0 Å². The number of urea groups is 1. The van der Waals surface area contributed by atoms with Gasteiger partial charge in [0.05, 0.1) is 0 Å². The highest BCUT2D eigenvalue weighted by Gasteiger charge is 2.22. The minimum absolute atomic E-state index is 0.00770. The van der Waals surface area contributed by atoms with Crippen LogP contribution in [0.15, 0.2) is 42.5 Å². The van der Waals surface area contributed by atoms with Gasteiger partial charge in [-0.15, -0.1) is 0 Å². The zero-order chi connectivity index (χ0) is 17.8. The average molecular weight is 337 g/mol. The molecule has 3 rings (SSSR count). The molecule has 0 aromatic heterocycles. The van der Waals surface area contributed by atoms with Crippen LogP contribution in [0.5, 0.6) is 0 Å². The fourth-order valence-electron chi connectivity index (χ4n) is 3.29. The summed E-state index contributed by atoms with van der Waals surface area (Å²) in [6, 6.07) is 14.6. The molecule has 1 N–H and O–H groups in total. The summed E-state index contributed by atoms with van der Waals surface area (Å²) in [6.45, 7) is 9.56. The van der Waals surface area contributed by atoms with E-state index >= 15 is 0 Å². The first-order chi connectivity index (χ1) is 12.1. The third-order valence-electron chi connectivity index (χ3n) is 5.04. The summed E-state index contributed by atoms with van der Waals surface area (Å²) in [5.74, 6) is 0. The van der Waals surface area contributed by atoms with Crippen molar-refractivity contribution in [1.29, 1.82) is 0 Å². The van der Waals surface area contributed by atoms with Gasteiger partial charge in [0.1, 0.15) is 0 Å². The molecule has 1 saturated heterocycles. The lowest BCUT2D eigenvalue weighted by atomic mass is 10.1. The second-order valence-electron chi connectivity index (χ2n) is 6.69. The van der Waals surface area contributed by atoms with Crippen molar-refractivity contribution in [2.75, 3.05) is 36.4 Å². The highest BCUT2D eigenvalue weighted by Crippen LogP contribution is 2.22. The van der Waals surface area contributed by atoms with Gasteiger partial charge in [-0.1, -0.05) is 31.2 Å². The number of aryl methyl sites for hydroxylation is 3. The Morgan fingerprint density at radius 1 is 1.00 bits per heavy atom. The molecule has 4 nitrogen and oxygen atoms in total. The Hall–Kier alpha value is -2.49. The van der Waals surface area contributed by atoms with Crippen LogP contribution in [-0.2, 0) is 6.42 Å². The third kappa shape index (κ3) is 3.95. The zero-order valence-electron chi connectivity index (χ0n) is 15.4. The number of nitrogens with zero attached hydrogens (tertiary/aromatic N) is 2. The second-order valence-corrected chi connectivity index (χ2v) is 6.69. The van der Waals surface area contributed by atoms with Gasteiger partial charge in [0, 0.05) is 37.6 Å². The van der Waals surface area contributed by atoms with Crippen LogP contribution in [0, 0.1) is 13.8 Å². The lowest BCUT2D eigenvalue weighted by Crippen LogP contribution is -2.50. The van der Waals surface area contributed by atoms with E-state index < -0.39 is 0 Å². The molecular formula is C21H27N3O. The van der Waals surface area contributed by atoms with Crippen LogP contribution in [-0.4, -0.2) is 37.1 Å². The number of nitrogens with one attached hydrogen (secondary N) is 1. The molecule has 1 aliphatic heterocycles. The molecule has 1 aliphatic rings. The molecule has 2 aromatic carbocycles. The molecule has 2 aromatic rings. The molecule has 0 bridgehead atoms. The molecule has 0 atom stereocenters. The van der Waals surface area contributed by atoms with Crippen LogP contribution < -0.4 is 10.2 Å². The number of anilines is 2. The van der Waals surface area contributed by atoms with Gasteiger partial charge in [0.2, 0.25) is 0 Å². The van der Waals surface area contributed by atoms with E-state index in [9.17, 15) is 4.79 Å².